The molecule has 1 fully saturated rings. The summed E-state index contributed by atoms with van der Waals surface area (Å²) in [4.78, 5) is 31.6. The van der Waals surface area contributed by atoms with Gasteiger partial charge in [0.05, 0.1) is 19.2 Å². The van der Waals surface area contributed by atoms with Crippen LogP contribution in [0.25, 0.3) is 10.9 Å². The number of benzene rings is 3. The Balaban J connectivity index is 1.30. The standard InChI is InChI=1S/C31H32N4O4/c1-39-23-14-8-20(9-15-23)18-35-27(31(37)32-17-19-6-10-22(11-7-19)30(36)34-38)16-25-24-4-2-3-5-26(24)33-28(25)29(35)21-12-13-21/h2-11,14-15,21,27,29,33,38H,12-13,16-18H2,1H3,(H,32,37)(H,34,36)/t27-,29+/m0/s1. The van der Waals surface area contributed by atoms with E-state index in [9.17, 15) is 9.59 Å². The van der Waals surface area contributed by atoms with E-state index in [1.54, 1.807) is 36.9 Å². The number of rotatable bonds is 8. The van der Waals surface area contributed by atoms with E-state index < -0.39 is 5.91 Å². The van der Waals surface area contributed by atoms with Crippen LogP contribution < -0.4 is 15.5 Å². The molecule has 0 unspecified atom stereocenters. The van der Waals surface area contributed by atoms with Gasteiger partial charge in [-0.2, -0.15) is 0 Å². The molecule has 1 saturated carbocycles. The number of aromatic nitrogens is 1. The molecule has 0 saturated heterocycles. The second-order valence-electron chi connectivity index (χ2n) is 10.4. The van der Waals surface area contributed by atoms with Crippen LogP contribution in [0.5, 0.6) is 5.75 Å². The quantitative estimate of drug-likeness (QED) is 0.201. The van der Waals surface area contributed by atoms with Crippen LogP contribution in [-0.2, 0) is 24.3 Å². The SMILES string of the molecule is COc1ccc(CN2[C@H](C(=O)NCc3ccc(C(=O)NO)cc3)Cc3c([nH]c4ccccc34)[C@H]2C2CC2)cc1. The highest BCUT2D eigenvalue weighted by molar-refractivity contribution is 5.93. The third-order valence-corrected chi connectivity index (χ3v) is 7.98. The van der Waals surface area contributed by atoms with Gasteiger partial charge >= 0.3 is 0 Å². The van der Waals surface area contributed by atoms with E-state index in [1.165, 1.54) is 16.6 Å². The maximum atomic E-state index is 13.9. The molecule has 4 aromatic rings. The molecule has 1 aromatic heterocycles. The van der Waals surface area contributed by atoms with Crippen molar-refractivity contribution in [2.75, 3.05) is 7.11 Å². The fourth-order valence-electron chi connectivity index (χ4n) is 5.82. The van der Waals surface area contributed by atoms with Crippen molar-refractivity contribution in [1.29, 1.82) is 0 Å². The Morgan fingerprint density at radius 1 is 1.00 bits per heavy atom. The Morgan fingerprint density at radius 3 is 2.41 bits per heavy atom. The molecule has 8 heteroatoms. The normalized spacial score (nSPS) is 18.9. The number of ether oxygens (including phenoxy) is 1. The average molecular weight is 525 g/mol. The van der Waals surface area contributed by atoms with Crippen LogP contribution in [0.1, 0.15) is 51.6 Å². The predicted octanol–water partition coefficient (Wildman–Crippen LogP) is 4.49. The highest BCUT2D eigenvalue weighted by Crippen LogP contribution is 2.50. The Labute approximate surface area is 226 Å². The number of nitrogens with zero attached hydrogens (tertiary/aromatic N) is 1. The first-order chi connectivity index (χ1) is 19.1. The molecule has 3 aromatic carbocycles. The summed E-state index contributed by atoms with van der Waals surface area (Å²) in [5.74, 6) is 0.742. The van der Waals surface area contributed by atoms with Crippen LogP contribution in [0.4, 0.5) is 0 Å². The molecule has 39 heavy (non-hydrogen) atoms. The number of carbonyl (C=O) groups is 2. The summed E-state index contributed by atoms with van der Waals surface area (Å²) in [6.45, 7) is 1.00. The summed E-state index contributed by atoms with van der Waals surface area (Å²) in [5.41, 5.74) is 7.61. The summed E-state index contributed by atoms with van der Waals surface area (Å²) in [6, 6.07) is 23.1. The minimum absolute atomic E-state index is 0.0118. The molecule has 8 nitrogen and oxygen atoms in total. The van der Waals surface area contributed by atoms with Gasteiger partial charge in [0, 0.05) is 35.2 Å². The van der Waals surface area contributed by atoms with Crippen molar-refractivity contribution in [3.8, 4) is 5.75 Å². The molecule has 2 heterocycles. The predicted molar refractivity (Wildman–Crippen MR) is 147 cm³/mol. The number of H-pyrrole nitrogens is 1. The van der Waals surface area contributed by atoms with E-state index in [1.807, 2.05) is 18.2 Å². The molecule has 1 aliphatic carbocycles. The highest BCUT2D eigenvalue weighted by Gasteiger charge is 2.46. The highest BCUT2D eigenvalue weighted by atomic mass is 16.5. The van der Waals surface area contributed by atoms with Gasteiger partial charge in [0.15, 0.2) is 0 Å². The number of para-hydroxylation sites is 1. The van der Waals surface area contributed by atoms with Crippen LogP contribution in [0, 0.1) is 5.92 Å². The number of fused-ring (bicyclic) bond motifs is 3. The minimum Gasteiger partial charge on any atom is -0.497 e. The smallest absolute Gasteiger partial charge is 0.274 e. The van der Waals surface area contributed by atoms with E-state index in [0.717, 1.165) is 35.2 Å². The first kappa shape index (κ1) is 25.2. The zero-order valence-electron chi connectivity index (χ0n) is 21.8. The van der Waals surface area contributed by atoms with Crippen molar-refractivity contribution >= 4 is 22.7 Å². The number of hydrogen-bond acceptors (Lipinski definition) is 5. The molecule has 0 spiro atoms. The van der Waals surface area contributed by atoms with E-state index in [4.69, 9.17) is 9.94 Å². The number of carbonyl (C=O) groups excluding carboxylic acids is 2. The van der Waals surface area contributed by atoms with E-state index in [0.29, 0.717) is 31.0 Å². The Bertz CT molecular complexity index is 1490. The first-order valence-electron chi connectivity index (χ1n) is 13.3. The van der Waals surface area contributed by atoms with Gasteiger partial charge < -0.3 is 15.0 Å². The third-order valence-electron chi connectivity index (χ3n) is 7.98. The zero-order chi connectivity index (χ0) is 26.9. The first-order valence-corrected chi connectivity index (χ1v) is 13.3. The number of methoxy groups -OCH3 is 1. The van der Waals surface area contributed by atoms with Gasteiger partial charge in [-0.05, 0) is 72.2 Å². The maximum absolute atomic E-state index is 13.9. The second-order valence-corrected chi connectivity index (χ2v) is 10.4. The monoisotopic (exact) mass is 524 g/mol. The molecule has 2 aliphatic rings. The summed E-state index contributed by atoms with van der Waals surface area (Å²) in [5, 5.41) is 13.2. The summed E-state index contributed by atoms with van der Waals surface area (Å²) in [7, 11) is 1.66. The summed E-state index contributed by atoms with van der Waals surface area (Å²) < 4.78 is 5.35. The van der Waals surface area contributed by atoms with E-state index in [2.05, 4.69) is 45.5 Å². The molecule has 2 atom stereocenters. The number of aromatic amines is 1. The van der Waals surface area contributed by atoms with Crippen LogP contribution in [-0.4, -0.2) is 40.1 Å². The zero-order valence-corrected chi connectivity index (χ0v) is 21.8. The number of hydrogen-bond donors (Lipinski definition) is 4. The van der Waals surface area contributed by atoms with Crippen LogP contribution >= 0.6 is 0 Å². The van der Waals surface area contributed by atoms with Crippen molar-refractivity contribution in [2.45, 2.75) is 44.4 Å². The van der Waals surface area contributed by atoms with Crippen molar-refractivity contribution in [1.82, 2.24) is 20.7 Å². The summed E-state index contributed by atoms with van der Waals surface area (Å²) >= 11 is 0. The fraction of sp³-hybridized carbons (Fsp3) is 0.290. The van der Waals surface area contributed by atoms with Crippen molar-refractivity contribution in [3.63, 3.8) is 0 Å². The topological polar surface area (TPSA) is 107 Å². The number of hydroxylamine groups is 1. The minimum atomic E-state index is -0.567. The van der Waals surface area contributed by atoms with Crippen LogP contribution in [0.3, 0.4) is 0 Å². The molecule has 0 bridgehead atoms. The lowest BCUT2D eigenvalue weighted by atomic mass is 9.88. The lowest BCUT2D eigenvalue weighted by molar-refractivity contribution is -0.128. The Kier molecular flexibility index (Phi) is 6.81. The Hall–Kier alpha value is -4.14. The van der Waals surface area contributed by atoms with Crippen molar-refractivity contribution in [2.24, 2.45) is 5.92 Å². The van der Waals surface area contributed by atoms with Gasteiger partial charge in [-0.25, -0.2) is 5.48 Å². The third kappa shape index (κ3) is 5.01. The van der Waals surface area contributed by atoms with Crippen LogP contribution in [0.15, 0.2) is 72.8 Å². The van der Waals surface area contributed by atoms with Gasteiger partial charge in [0.25, 0.3) is 5.91 Å². The van der Waals surface area contributed by atoms with Crippen molar-refractivity contribution in [3.05, 3.63) is 101 Å². The van der Waals surface area contributed by atoms with Crippen molar-refractivity contribution < 1.29 is 19.5 Å². The average Bonchev–Trinajstić information content (AvgIpc) is 3.75. The maximum Gasteiger partial charge on any atom is 0.274 e. The number of nitrogens with one attached hydrogen (secondary N) is 3. The summed E-state index contributed by atoms with van der Waals surface area (Å²) in [6.07, 6.45) is 2.93. The van der Waals surface area contributed by atoms with Crippen LogP contribution in [0.2, 0.25) is 0 Å². The lowest BCUT2D eigenvalue weighted by Gasteiger charge is -2.41. The molecule has 2 amide bonds. The van der Waals surface area contributed by atoms with E-state index in [-0.39, 0.29) is 18.0 Å². The van der Waals surface area contributed by atoms with Gasteiger partial charge in [0.1, 0.15) is 5.75 Å². The number of amides is 2. The second kappa shape index (κ2) is 10.6. The van der Waals surface area contributed by atoms with Gasteiger partial charge in [-0.3, -0.25) is 19.7 Å². The molecular weight excluding hydrogens is 492 g/mol. The fourth-order valence-corrected chi connectivity index (χ4v) is 5.82. The Morgan fingerprint density at radius 2 is 1.72 bits per heavy atom. The van der Waals surface area contributed by atoms with Gasteiger partial charge in [-0.1, -0.05) is 42.5 Å². The largest absolute Gasteiger partial charge is 0.497 e. The van der Waals surface area contributed by atoms with Gasteiger partial charge in [0.2, 0.25) is 5.91 Å². The van der Waals surface area contributed by atoms with Gasteiger partial charge in [-0.15, -0.1) is 0 Å². The lowest BCUT2D eigenvalue weighted by Crippen LogP contribution is -2.52. The molecular formula is C31H32N4O4. The molecule has 6 rings (SSSR count). The van der Waals surface area contributed by atoms with E-state index >= 15 is 0 Å². The molecule has 200 valence electrons. The molecule has 1 aliphatic heterocycles. The molecule has 4 N–H and O–H groups in total. The molecule has 0 radical (unpaired) electrons.